The van der Waals surface area contributed by atoms with Crippen molar-refractivity contribution in [3.05, 3.63) is 17.5 Å². The maximum Gasteiger partial charge on any atom is 0.225 e. The lowest BCUT2D eigenvalue weighted by Gasteiger charge is -2.29. The minimum Gasteiger partial charge on any atom is -0.347 e. The molecule has 0 fully saturated rings. The van der Waals surface area contributed by atoms with Crippen molar-refractivity contribution in [3.8, 4) is 0 Å². The number of hydrogen-bond donors (Lipinski definition) is 0. The van der Waals surface area contributed by atoms with Gasteiger partial charge in [-0.2, -0.15) is 0 Å². The van der Waals surface area contributed by atoms with Crippen molar-refractivity contribution >= 4 is 17.6 Å². The number of hydrogen-bond acceptors (Lipinski definition) is 5. The van der Waals surface area contributed by atoms with E-state index in [4.69, 9.17) is 0 Å². The zero-order chi connectivity index (χ0) is 17.2. The van der Waals surface area contributed by atoms with E-state index in [9.17, 15) is 9.59 Å². The molecule has 6 heteroatoms. The van der Waals surface area contributed by atoms with E-state index in [1.807, 2.05) is 39.8 Å². The summed E-state index contributed by atoms with van der Waals surface area (Å²) in [7, 11) is 3.82. The van der Waals surface area contributed by atoms with Crippen LogP contribution in [0.4, 0.5) is 5.95 Å². The van der Waals surface area contributed by atoms with Crippen molar-refractivity contribution in [3.63, 3.8) is 0 Å². The van der Waals surface area contributed by atoms with Gasteiger partial charge in [0.1, 0.15) is 5.78 Å². The minimum atomic E-state index is -0.384. The predicted octanol–water partition coefficient (Wildman–Crippen LogP) is 1.82. The van der Waals surface area contributed by atoms with Gasteiger partial charge in [-0.3, -0.25) is 9.59 Å². The lowest BCUT2D eigenvalue weighted by molar-refractivity contribution is -0.135. The number of ketones is 1. The number of rotatable bonds is 4. The molecule has 2 rings (SSSR count). The Bertz CT molecular complexity index is 605. The summed E-state index contributed by atoms with van der Waals surface area (Å²) in [6.45, 7) is 6.84. The van der Waals surface area contributed by atoms with Gasteiger partial charge in [0.15, 0.2) is 0 Å². The molecule has 6 nitrogen and oxygen atoms in total. The Morgan fingerprint density at radius 1 is 1.26 bits per heavy atom. The summed E-state index contributed by atoms with van der Waals surface area (Å²) < 4.78 is 0. The first kappa shape index (κ1) is 17.4. The zero-order valence-electron chi connectivity index (χ0n) is 14.7. The van der Waals surface area contributed by atoms with Gasteiger partial charge in [-0.05, 0) is 0 Å². The first-order valence-electron chi connectivity index (χ1n) is 8.01. The highest BCUT2D eigenvalue weighted by Gasteiger charge is 2.25. The Hall–Kier alpha value is -1.98. The molecule has 0 radical (unpaired) electrons. The third-order valence-corrected chi connectivity index (χ3v) is 4.08. The summed E-state index contributed by atoms with van der Waals surface area (Å²) in [6.07, 6.45) is 3.12. The minimum absolute atomic E-state index is 0.0323. The molecular formula is C17H26N4O2. The molecular weight excluding hydrogens is 292 g/mol. The van der Waals surface area contributed by atoms with Gasteiger partial charge in [-0.1, -0.05) is 20.8 Å². The topological polar surface area (TPSA) is 66.4 Å². The number of carbonyl (C=O) groups is 2. The molecule has 0 aliphatic carbocycles. The summed E-state index contributed by atoms with van der Waals surface area (Å²) in [5, 5.41) is 0. The maximum absolute atomic E-state index is 12.3. The first-order chi connectivity index (χ1) is 10.7. The summed E-state index contributed by atoms with van der Waals surface area (Å²) in [5.41, 5.74) is 1.63. The van der Waals surface area contributed by atoms with Crippen molar-refractivity contribution in [2.24, 2.45) is 5.41 Å². The molecule has 0 spiro atoms. The highest BCUT2D eigenvalue weighted by atomic mass is 16.2. The fourth-order valence-corrected chi connectivity index (χ4v) is 2.49. The molecule has 0 bridgehead atoms. The molecule has 2 heterocycles. The Labute approximate surface area is 137 Å². The van der Waals surface area contributed by atoms with Crippen LogP contribution in [0.5, 0.6) is 0 Å². The predicted molar refractivity (Wildman–Crippen MR) is 89.2 cm³/mol. The van der Waals surface area contributed by atoms with E-state index < -0.39 is 0 Å². The number of anilines is 1. The van der Waals surface area contributed by atoms with Crippen molar-refractivity contribution in [2.75, 3.05) is 25.5 Å². The van der Waals surface area contributed by atoms with E-state index >= 15 is 0 Å². The van der Waals surface area contributed by atoms with Crippen LogP contribution < -0.4 is 4.90 Å². The molecule has 1 aliphatic heterocycles. The molecule has 0 saturated carbocycles. The lowest BCUT2D eigenvalue weighted by atomic mass is 9.88. The van der Waals surface area contributed by atoms with E-state index in [2.05, 4.69) is 9.97 Å². The third kappa shape index (κ3) is 4.27. The monoisotopic (exact) mass is 318 g/mol. The van der Waals surface area contributed by atoms with Gasteiger partial charge in [-0.15, -0.1) is 0 Å². The summed E-state index contributed by atoms with van der Waals surface area (Å²) in [4.78, 5) is 36.8. The number of fused-ring (bicyclic) bond motifs is 1. The third-order valence-electron chi connectivity index (χ3n) is 4.08. The molecule has 0 N–H and O–H groups in total. The second-order valence-corrected chi connectivity index (χ2v) is 7.27. The van der Waals surface area contributed by atoms with Gasteiger partial charge in [0.2, 0.25) is 11.9 Å². The smallest absolute Gasteiger partial charge is 0.225 e. The first-order valence-corrected chi connectivity index (χ1v) is 8.01. The molecule has 1 aromatic heterocycles. The van der Waals surface area contributed by atoms with Gasteiger partial charge in [-0.25, -0.2) is 9.97 Å². The molecule has 23 heavy (non-hydrogen) atoms. The van der Waals surface area contributed by atoms with Crippen molar-refractivity contribution in [1.29, 1.82) is 0 Å². The quantitative estimate of drug-likeness (QED) is 0.847. The average Bonchev–Trinajstić information content (AvgIpc) is 2.50. The molecule has 0 unspecified atom stereocenters. The molecule has 1 aliphatic rings. The number of carbonyl (C=O) groups excluding carboxylic acids is 2. The fourth-order valence-electron chi connectivity index (χ4n) is 2.49. The Morgan fingerprint density at radius 2 is 1.96 bits per heavy atom. The molecule has 0 atom stereocenters. The van der Waals surface area contributed by atoms with Crippen LogP contribution in [-0.4, -0.2) is 47.2 Å². The van der Waals surface area contributed by atoms with Crippen molar-refractivity contribution in [2.45, 2.75) is 46.6 Å². The van der Waals surface area contributed by atoms with Crippen LogP contribution >= 0.6 is 0 Å². The van der Waals surface area contributed by atoms with Crippen LogP contribution in [0.3, 0.4) is 0 Å². The summed E-state index contributed by atoms with van der Waals surface area (Å²) in [6, 6.07) is 0. The Balaban J connectivity index is 1.97. The van der Waals surface area contributed by atoms with Crippen LogP contribution in [0.25, 0.3) is 0 Å². The number of aromatic nitrogens is 2. The van der Waals surface area contributed by atoms with E-state index in [1.165, 1.54) is 0 Å². The molecule has 1 amide bonds. The highest BCUT2D eigenvalue weighted by molar-refractivity contribution is 5.88. The Kier molecular flexibility index (Phi) is 5.02. The zero-order valence-corrected chi connectivity index (χ0v) is 14.7. The number of Topliss-reactive ketones (excluding diaryl/α,β-unsaturated/α-hetero) is 1. The van der Waals surface area contributed by atoms with Crippen LogP contribution in [0.1, 0.15) is 44.9 Å². The van der Waals surface area contributed by atoms with Gasteiger partial charge in [0.25, 0.3) is 0 Å². The summed E-state index contributed by atoms with van der Waals surface area (Å²) >= 11 is 0. The van der Waals surface area contributed by atoms with Crippen LogP contribution in [0, 0.1) is 5.41 Å². The SMILES string of the molecule is CN(C)c1ncc2c(n1)CCN(C(=O)CCC(=O)C(C)(C)C)C2. The van der Waals surface area contributed by atoms with Gasteiger partial charge < -0.3 is 9.80 Å². The van der Waals surface area contributed by atoms with Gasteiger partial charge >= 0.3 is 0 Å². The van der Waals surface area contributed by atoms with E-state index in [1.54, 1.807) is 11.1 Å². The lowest BCUT2D eigenvalue weighted by Crippen LogP contribution is -2.37. The second kappa shape index (κ2) is 6.64. The summed E-state index contributed by atoms with van der Waals surface area (Å²) in [5.74, 6) is 0.853. The van der Waals surface area contributed by atoms with E-state index in [0.717, 1.165) is 17.7 Å². The average molecular weight is 318 g/mol. The number of nitrogens with zero attached hydrogens (tertiary/aromatic N) is 4. The van der Waals surface area contributed by atoms with E-state index in [-0.39, 0.29) is 23.5 Å². The van der Waals surface area contributed by atoms with Crippen molar-refractivity contribution < 1.29 is 9.59 Å². The Morgan fingerprint density at radius 3 is 2.57 bits per heavy atom. The molecule has 0 aromatic carbocycles. The maximum atomic E-state index is 12.3. The highest BCUT2D eigenvalue weighted by Crippen LogP contribution is 2.21. The molecule has 126 valence electrons. The molecule has 0 saturated heterocycles. The van der Waals surface area contributed by atoms with E-state index in [0.29, 0.717) is 25.5 Å². The normalized spacial score (nSPS) is 14.4. The second-order valence-electron chi connectivity index (χ2n) is 7.27. The van der Waals surface area contributed by atoms with Crippen molar-refractivity contribution in [1.82, 2.24) is 14.9 Å². The largest absolute Gasteiger partial charge is 0.347 e. The van der Waals surface area contributed by atoms with Gasteiger partial charge in [0.05, 0.1) is 5.69 Å². The van der Waals surface area contributed by atoms with Gasteiger partial charge in [0, 0.05) is 63.6 Å². The fraction of sp³-hybridized carbons (Fsp3) is 0.647. The van der Waals surface area contributed by atoms with Crippen LogP contribution in [0.15, 0.2) is 6.20 Å². The number of amides is 1. The standard InChI is InChI=1S/C17H26N4O2/c1-17(2,3)14(22)6-7-15(23)21-9-8-13-12(11-21)10-18-16(19-13)20(4)5/h10H,6-9,11H2,1-5H3. The molecule has 1 aromatic rings. The van der Waals surface area contributed by atoms with Crippen LogP contribution in [-0.2, 0) is 22.6 Å². The van der Waals surface area contributed by atoms with Crippen LogP contribution in [0.2, 0.25) is 0 Å².